The number of carbonyl (C=O) groups excluding carboxylic acids is 1. The van der Waals surface area contributed by atoms with E-state index in [1.54, 1.807) is 4.90 Å². The number of morpholine rings is 1. The van der Waals surface area contributed by atoms with E-state index in [4.69, 9.17) is 4.74 Å². The summed E-state index contributed by atoms with van der Waals surface area (Å²) in [6, 6.07) is 9.73. The van der Waals surface area contributed by atoms with Crippen LogP contribution in [0.4, 0.5) is 4.79 Å². The van der Waals surface area contributed by atoms with Crippen molar-refractivity contribution in [3.8, 4) is 0 Å². The zero-order valence-electron chi connectivity index (χ0n) is 13.7. The van der Waals surface area contributed by atoms with Gasteiger partial charge >= 0.3 is 6.03 Å². The molecule has 3 rings (SSSR count). The van der Waals surface area contributed by atoms with Crippen LogP contribution in [-0.4, -0.2) is 57.1 Å². The summed E-state index contributed by atoms with van der Waals surface area (Å²) in [5.41, 5.74) is 1.06. The van der Waals surface area contributed by atoms with Crippen molar-refractivity contribution in [1.82, 2.24) is 10.2 Å². The van der Waals surface area contributed by atoms with Gasteiger partial charge in [-0.3, -0.25) is 0 Å². The lowest BCUT2D eigenvalue weighted by Gasteiger charge is -2.33. The minimum absolute atomic E-state index is 0.0265. The summed E-state index contributed by atoms with van der Waals surface area (Å²) in [4.78, 5) is 14.1. The van der Waals surface area contributed by atoms with Gasteiger partial charge in [0, 0.05) is 13.1 Å². The topological polar surface area (TPSA) is 75.7 Å². The molecule has 7 heteroatoms. The third-order valence-corrected chi connectivity index (χ3v) is 6.51. The van der Waals surface area contributed by atoms with Crippen LogP contribution in [0.15, 0.2) is 30.3 Å². The van der Waals surface area contributed by atoms with E-state index in [1.165, 1.54) is 0 Å². The maximum absolute atomic E-state index is 12.4. The van der Waals surface area contributed by atoms with Crippen LogP contribution < -0.4 is 5.32 Å². The number of nitrogens with zero attached hydrogens (tertiary/aromatic N) is 1. The minimum atomic E-state index is -2.93. The molecule has 24 heavy (non-hydrogen) atoms. The highest BCUT2D eigenvalue weighted by atomic mass is 32.2. The first-order valence-corrected chi connectivity index (χ1v) is 10.3. The zero-order chi connectivity index (χ0) is 17.0. The van der Waals surface area contributed by atoms with E-state index in [-0.39, 0.29) is 29.6 Å². The first-order chi connectivity index (χ1) is 11.5. The largest absolute Gasteiger partial charge is 0.370 e. The summed E-state index contributed by atoms with van der Waals surface area (Å²) >= 11 is 0. The second kappa shape index (κ2) is 7.53. The van der Waals surface area contributed by atoms with Crippen molar-refractivity contribution < 1.29 is 17.9 Å². The maximum Gasteiger partial charge on any atom is 0.317 e. The van der Waals surface area contributed by atoms with Gasteiger partial charge < -0.3 is 15.0 Å². The molecule has 2 unspecified atom stereocenters. The van der Waals surface area contributed by atoms with E-state index in [9.17, 15) is 13.2 Å². The molecule has 2 atom stereocenters. The fourth-order valence-corrected chi connectivity index (χ4v) is 5.10. The summed E-state index contributed by atoms with van der Waals surface area (Å²) in [5, 5.41) is 2.90. The molecule has 2 fully saturated rings. The quantitative estimate of drug-likeness (QED) is 0.896. The standard InChI is InChI=1S/C17H24N2O4S/c20-17(18-11-14-5-4-10-24(21,22)13-14)19-8-9-23-16(12-19)15-6-2-1-3-7-15/h1-3,6-7,14,16H,4-5,8-13H2,(H,18,20). The average Bonchev–Trinajstić information content (AvgIpc) is 2.60. The van der Waals surface area contributed by atoms with Crippen LogP contribution in [0.3, 0.4) is 0 Å². The van der Waals surface area contributed by atoms with Crippen LogP contribution in [0, 0.1) is 5.92 Å². The molecular weight excluding hydrogens is 328 g/mol. The third kappa shape index (κ3) is 4.48. The smallest absolute Gasteiger partial charge is 0.317 e. The van der Waals surface area contributed by atoms with Crippen molar-refractivity contribution in [3.05, 3.63) is 35.9 Å². The van der Waals surface area contributed by atoms with Gasteiger partial charge in [0.2, 0.25) is 0 Å². The van der Waals surface area contributed by atoms with Gasteiger partial charge in [-0.1, -0.05) is 30.3 Å². The lowest BCUT2D eigenvalue weighted by molar-refractivity contribution is -0.0155. The minimum Gasteiger partial charge on any atom is -0.370 e. The second-order valence-electron chi connectivity index (χ2n) is 6.52. The van der Waals surface area contributed by atoms with Gasteiger partial charge in [-0.25, -0.2) is 13.2 Å². The lowest BCUT2D eigenvalue weighted by Crippen LogP contribution is -2.48. The molecule has 0 bridgehead atoms. The van der Waals surface area contributed by atoms with E-state index >= 15 is 0 Å². The van der Waals surface area contributed by atoms with Crippen molar-refractivity contribution in [2.24, 2.45) is 5.92 Å². The van der Waals surface area contributed by atoms with Crippen molar-refractivity contribution in [2.75, 3.05) is 37.7 Å². The number of ether oxygens (including phenoxy) is 1. The number of sulfone groups is 1. The lowest BCUT2D eigenvalue weighted by atomic mass is 10.1. The highest BCUT2D eigenvalue weighted by Crippen LogP contribution is 2.22. The molecule has 2 aliphatic heterocycles. The first kappa shape index (κ1) is 17.2. The fraction of sp³-hybridized carbons (Fsp3) is 0.588. The monoisotopic (exact) mass is 352 g/mol. The van der Waals surface area contributed by atoms with Crippen LogP contribution in [-0.2, 0) is 14.6 Å². The number of carbonyl (C=O) groups is 1. The summed E-state index contributed by atoms with van der Waals surface area (Å²) in [6.45, 7) is 1.99. The van der Waals surface area contributed by atoms with E-state index < -0.39 is 9.84 Å². The van der Waals surface area contributed by atoms with Gasteiger partial charge in [0.15, 0.2) is 9.84 Å². The van der Waals surface area contributed by atoms with Gasteiger partial charge in [0.25, 0.3) is 0 Å². The van der Waals surface area contributed by atoms with Gasteiger partial charge in [-0.15, -0.1) is 0 Å². The van der Waals surface area contributed by atoms with Gasteiger partial charge in [-0.2, -0.15) is 0 Å². The first-order valence-electron chi connectivity index (χ1n) is 8.43. The Morgan fingerprint density at radius 3 is 2.83 bits per heavy atom. The van der Waals surface area contributed by atoms with Crippen molar-refractivity contribution in [2.45, 2.75) is 18.9 Å². The van der Waals surface area contributed by atoms with Gasteiger partial charge in [0.1, 0.15) is 6.10 Å². The predicted octanol–water partition coefficient (Wildman–Crippen LogP) is 1.59. The highest BCUT2D eigenvalue weighted by molar-refractivity contribution is 7.91. The molecule has 1 aromatic carbocycles. The molecule has 0 aromatic heterocycles. The SMILES string of the molecule is O=C(NCC1CCCS(=O)(=O)C1)N1CCOC(c2ccccc2)C1. The molecule has 2 saturated heterocycles. The second-order valence-corrected chi connectivity index (χ2v) is 8.75. The van der Waals surface area contributed by atoms with Crippen molar-refractivity contribution in [3.63, 3.8) is 0 Å². The molecule has 2 amide bonds. The Morgan fingerprint density at radius 1 is 1.29 bits per heavy atom. The van der Waals surface area contributed by atoms with Crippen LogP contribution in [0.2, 0.25) is 0 Å². The Hall–Kier alpha value is -1.60. The van der Waals surface area contributed by atoms with Crippen LogP contribution in [0.1, 0.15) is 24.5 Å². The number of rotatable bonds is 3. The van der Waals surface area contributed by atoms with E-state index in [0.29, 0.717) is 32.7 Å². The molecular formula is C17H24N2O4S. The molecule has 2 heterocycles. The molecule has 1 aromatic rings. The Bertz CT molecular complexity index is 662. The summed E-state index contributed by atoms with van der Waals surface area (Å²) in [7, 11) is -2.93. The van der Waals surface area contributed by atoms with Crippen molar-refractivity contribution >= 4 is 15.9 Å². The fourth-order valence-electron chi connectivity index (χ4n) is 3.33. The van der Waals surface area contributed by atoms with Gasteiger partial charge in [0.05, 0.1) is 24.7 Å². The summed E-state index contributed by atoms with van der Waals surface area (Å²) in [5.74, 6) is 0.488. The number of hydrogen-bond donors (Lipinski definition) is 1. The predicted molar refractivity (Wildman–Crippen MR) is 91.5 cm³/mol. The Morgan fingerprint density at radius 2 is 2.08 bits per heavy atom. The number of hydrogen-bond acceptors (Lipinski definition) is 4. The highest BCUT2D eigenvalue weighted by Gasteiger charge is 2.28. The molecule has 0 spiro atoms. The third-order valence-electron chi connectivity index (χ3n) is 4.62. The Kier molecular flexibility index (Phi) is 5.40. The van der Waals surface area contributed by atoms with E-state index in [1.807, 2.05) is 30.3 Å². The maximum atomic E-state index is 12.4. The number of urea groups is 1. The molecule has 132 valence electrons. The van der Waals surface area contributed by atoms with E-state index in [2.05, 4.69) is 5.32 Å². The number of amides is 2. The summed E-state index contributed by atoms with van der Waals surface area (Å²) < 4.78 is 29.1. The van der Waals surface area contributed by atoms with Crippen molar-refractivity contribution in [1.29, 1.82) is 0 Å². The molecule has 0 saturated carbocycles. The van der Waals surface area contributed by atoms with Gasteiger partial charge in [-0.05, 0) is 24.3 Å². The number of benzene rings is 1. The Balaban J connectivity index is 1.51. The molecule has 2 aliphatic rings. The molecule has 0 aliphatic carbocycles. The van der Waals surface area contributed by atoms with Crippen LogP contribution >= 0.6 is 0 Å². The number of nitrogens with one attached hydrogen (secondary N) is 1. The van der Waals surface area contributed by atoms with Crippen LogP contribution in [0.5, 0.6) is 0 Å². The molecule has 1 N–H and O–H groups in total. The Labute approximate surface area is 143 Å². The van der Waals surface area contributed by atoms with E-state index in [0.717, 1.165) is 12.0 Å². The molecule has 6 nitrogen and oxygen atoms in total. The molecule has 0 radical (unpaired) electrons. The van der Waals surface area contributed by atoms with Crippen LogP contribution in [0.25, 0.3) is 0 Å². The average molecular weight is 352 g/mol. The summed E-state index contributed by atoms with van der Waals surface area (Å²) in [6.07, 6.45) is 1.44. The normalized spacial score (nSPS) is 26.8. The zero-order valence-corrected chi connectivity index (χ0v) is 14.5.